The first-order valence-corrected chi connectivity index (χ1v) is 7.47. The van der Waals surface area contributed by atoms with Gasteiger partial charge in [0.1, 0.15) is 6.26 Å². The van der Waals surface area contributed by atoms with Gasteiger partial charge < -0.3 is 9.52 Å². The zero-order valence-electron chi connectivity index (χ0n) is 10.8. The third kappa shape index (κ3) is 4.15. The van der Waals surface area contributed by atoms with Crippen LogP contribution in [0.15, 0.2) is 34.9 Å². The second kappa shape index (κ2) is 6.40. The van der Waals surface area contributed by atoms with E-state index in [1.54, 1.807) is 0 Å². The molecule has 0 radical (unpaired) electrons. The van der Waals surface area contributed by atoms with E-state index >= 15 is 0 Å². The van der Waals surface area contributed by atoms with Gasteiger partial charge in [-0.2, -0.15) is 13.2 Å². The predicted octanol–water partition coefficient (Wildman–Crippen LogP) is 2.60. The Morgan fingerprint density at radius 2 is 1.90 bits per heavy atom. The summed E-state index contributed by atoms with van der Waals surface area (Å²) in [5.41, 5.74) is 0.0842. The fourth-order valence-electron chi connectivity index (χ4n) is 1.65. The van der Waals surface area contributed by atoms with Crippen molar-refractivity contribution in [2.75, 3.05) is 12.4 Å². The highest BCUT2D eigenvalue weighted by Gasteiger charge is 2.30. The third-order valence-corrected chi connectivity index (χ3v) is 3.89. The first-order chi connectivity index (χ1) is 9.90. The lowest BCUT2D eigenvalue weighted by atomic mass is 10.1. The number of aliphatic hydroxyl groups excluding tert-OH is 1. The lowest BCUT2D eigenvalue weighted by molar-refractivity contribution is -0.137. The van der Waals surface area contributed by atoms with Crippen LogP contribution in [0.25, 0.3) is 11.5 Å². The summed E-state index contributed by atoms with van der Waals surface area (Å²) >= 11 is 0. The Hall–Kier alpha value is -1.67. The van der Waals surface area contributed by atoms with E-state index in [2.05, 4.69) is 4.98 Å². The molecule has 0 saturated heterocycles. The van der Waals surface area contributed by atoms with Crippen molar-refractivity contribution in [2.45, 2.75) is 11.9 Å². The van der Waals surface area contributed by atoms with E-state index in [4.69, 9.17) is 9.52 Å². The van der Waals surface area contributed by atoms with Crippen molar-refractivity contribution in [2.24, 2.45) is 0 Å². The molecule has 1 N–H and O–H groups in total. The fourth-order valence-corrected chi connectivity index (χ4v) is 2.46. The van der Waals surface area contributed by atoms with Gasteiger partial charge in [0, 0.05) is 22.1 Å². The van der Waals surface area contributed by atoms with Gasteiger partial charge in [-0.05, 0) is 24.3 Å². The molecule has 4 nitrogen and oxygen atoms in total. The van der Waals surface area contributed by atoms with Crippen molar-refractivity contribution in [1.82, 2.24) is 4.98 Å². The van der Waals surface area contributed by atoms with Crippen LogP contribution < -0.4 is 0 Å². The van der Waals surface area contributed by atoms with Gasteiger partial charge in [0.15, 0.2) is 0 Å². The lowest BCUT2D eigenvalue weighted by Gasteiger charge is -2.05. The van der Waals surface area contributed by atoms with Crippen LogP contribution in [-0.4, -0.2) is 26.7 Å². The SMILES string of the molecule is O=[S@](CCO)Cc1coc(-c2ccc(C(F)(F)F)cc2)n1. The molecule has 114 valence electrons. The molecule has 1 aromatic heterocycles. The summed E-state index contributed by atoms with van der Waals surface area (Å²) in [5.74, 6) is 0.437. The van der Waals surface area contributed by atoms with Crippen LogP contribution in [-0.2, 0) is 22.7 Å². The molecule has 0 saturated carbocycles. The third-order valence-electron chi connectivity index (χ3n) is 2.64. The Labute approximate surface area is 121 Å². The van der Waals surface area contributed by atoms with E-state index < -0.39 is 22.5 Å². The topological polar surface area (TPSA) is 63.3 Å². The summed E-state index contributed by atoms with van der Waals surface area (Å²) < 4.78 is 54.0. The van der Waals surface area contributed by atoms with E-state index in [1.807, 2.05) is 0 Å². The number of alkyl halides is 3. The van der Waals surface area contributed by atoms with Gasteiger partial charge in [-0.1, -0.05) is 0 Å². The van der Waals surface area contributed by atoms with Crippen LogP contribution in [0, 0.1) is 0 Å². The summed E-state index contributed by atoms with van der Waals surface area (Å²) in [6.07, 6.45) is -3.08. The van der Waals surface area contributed by atoms with E-state index in [0.717, 1.165) is 12.1 Å². The Bertz CT molecular complexity index is 622. The Kier molecular flexibility index (Phi) is 4.79. The number of hydrogen-bond acceptors (Lipinski definition) is 4. The smallest absolute Gasteiger partial charge is 0.416 e. The highest BCUT2D eigenvalue weighted by molar-refractivity contribution is 7.84. The molecule has 0 aliphatic heterocycles. The molecule has 0 spiro atoms. The molecular weight excluding hydrogens is 307 g/mol. The molecule has 2 rings (SSSR count). The molecule has 0 unspecified atom stereocenters. The molecule has 2 aromatic rings. The maximum atomic E-state index is 12.4. The van der Waals surface area contributed by atoms with E-state index in [9.17, 15) is 17.4 Å². The van der Waals surface area contributed by atoms with Crippen LogP contribution in [0.4, 0.5) is 13.2 Å². The second-order valence-electron chi connectivity index (χ2n) is 4.23. The maximum Gasteiger partial charge on any atom is 0.416 e. The number of oxazole rings is 1. The van der Waals surface area contributed by atoms with Gasteiger partial charge in [-0.15, -0.1) is 0 Å². The van der Waals surface area contributed by atoms with Crippen LogP contribution in [0.5, 0.6) is 0 Å². The zero-order chi connectivity index (χ0) is 15.5. The summed E-state index contributed by atoms with van der Waals surface area (Å²) in [4.78, 5) is 4.07. The Morgan fingerprint density at radius 3 is 2.48 bits per heavy atom. The van der Waals surface area contributed by atoms with Crippen molar-refractivity contribution in [3.8, 4) is 11.5 Å². The lowest BCUT2D eigenvalue weighted by Crippen LogP contribution is -2.04. The Balaban J connectivity index is 2.12. The zero-order valence-corrected chi connectivity index (χ0v) is 11.6. The average Bonchev–Trinajstić information content (AvgIpc) is 2.86. The first kappa shape index (κ1) is 15.7. The summed E-state index contributed by atoms with van der Waals surface area (Å²) in [7, 11) is -1.25. The van der Waals surface area contributed by atoms with Gasteiger partial charge in [-0.3, -0.25) is 4.21 Å². The van der Waals surface area contributed by atoms with Gasteiger partial charge in [0.05, 0.1) is 23.6 Å². The maximum absolute atomic E-state index is 12.4. The molecule has 0 bridgehead atoms. The molecular formula is C13H12F3NO3S. The van der Waals surface area contributed by atoms with Crippen LogP contribution >= 0.6 is 0 Å². The van der Waals surface area contributed by atoms with E-state index in [1.165, 1.54) is 18.4 Å². The average molecular weight is 319 g/mol. The largest absolute Gasteiger partial charge is 0.444 e. The molecule has 0 aliphatic rings. The van der Waals surface area contributed by atoms with Crippen LogP contribution in [0.1, 0.15) is 11.3 Å². The molecule has 1 heterocycles. The van der Waals surface area contributed by atoms with Crippen molar-refractivity contribution in [1.29, 1.82) is 0 Å². The minimum Gasteiger partial charge on any atom is -0.444 e. The second-order valence-corrected chi connectivity index (χ2v) is 5.81. The number of hydrogen-bond donors (Lipinski definition) is 1. The van der Waals surface area contributed by atoms with Crippen LogP contribution in [0.2, 0.25) is 0 Å². The molecule has 0 amide bonds. The van der Waals surface area contributed by atoms with E-state index in [-0.39, 0.29) is 24.0 Å². The van der Waals surface area contributed by atoms with Crippen molar-refractivity contribution < 1.29 is 26.9 Å². The minimum atomic E-state index is -4.39. The molecule has 1 atom stereocenters. The van der Waals surface area contributed by atoms with Crippen molar-refractivity contribution in [3.05, 3.63) is 41.8 Å². The summed E-state index contributed by atoms with van der Waals surface area (Å²) in [5, 5.41) is 8.66. The number of aliphatic hydroxyl groups is 1. The first-order valence-electron chi connectivity index (χ1n) is 5.98. The van der Waals surface area contributed by atoms with Crippen LogP contribution in [0.3, 0.4) is 0 Å². The van der Waals surface area contributed by atoms with E-state index in [0.29, 0.717) is 11.3 Å². The predicted molar refractivity (Wildman–Crippen MR) is 70.7 cm³/mol. The number of rotatable bonds is 5. The minimum absolute atomic E-state index is 0.130. The Morgan fingerprint density at radius 1 is 1.24 bits per heavy atom. The van der Waals surface area contributed by atoms with Gasteiger partial charge in [0.2, 0.25) is 5.89 Å². The summed E-state index contributed by atoms with van der Waals surface area (Å²) in [6.45, 7) is -0.184. The van der Waals surface area contributed by atoms with Gasteiger partial charge >= 0.3 is 6.18 Å². The van der Waals surface area contributed by atoms with Crippen molar-refractivity contribution in [3.63, 3.8) is 0 Å². The molecule has 8 heteroatoms. The molecule has 0 aliphatic carbocycles. The highest BCUT2D eigenvalue weighted by Crippen LogP contribution is 2.30. The molecule has 0 fully saturated rings. The number of aromatic nitrogens is 1. The number of benzene rings is 1. The normalized spacial score (nSPS) is 13.3. The van der Waals surface area contributed by atoms with Crippen molar-refractivity contribution >= 4 is 10.8 Å². The van der Waals surface area contributed by atoms with Gasteiger partial charge in [-0.25, -0.2) is 4.98 Å². The number of nitrogens with zero attached hydrogens (tertiary/aromatic N) is 1. The molecule has 21 heavy (non-hydrogen) atoms. The standard InChI is InChI=1S/C13H12F3NO3S/c14-13(15,16)10-3-1-9(2-4-10)12-17-11(7-20-12)8-21(19)6-5-18/h1-4,7,18H,5-6,8H2/t21-/m1/s1. The quantitative estimate of drug-likeness (QED) is 0.920. The monoisotopic (exact) mass is 319 g/mol. The fraction of sp³-hybridized carbons (Fsp3) is 0.308. The summed E-state index contributed by atoms with van der Waals surface area (Å²) in [6, 6.07) is 4.43. The van der Waals surface area contributed by atoms with Gasteiger partial charge in [0.25, 0.3) is 0 Å². The number of halogens is 3. The molecule has 1 aromatic carbocycles. The highest BCUT2D eigenvalue weighted by atomic mass is 32.2.